The smallest absolute Gasteiger partial charge is 0.119 e. The molecular weight excluding hydrogens is 186 g/mol. The molecule has 1 aromatic carbocycles. The van der Waals surface area contributed by atoms with Crippen LogP contribution in [0.2, 0.25) is 0 Å². The van der Waals surface area contributed by atoms with Gasteiger partial charge in [0.1, 0.15) is 12.4 Å². The number of hydrogen-bond acceptors (Lipinski definition) is 2. The SMILES string of the molecule is CCNC(C)COc1ccc(C)c(C)c1. The average molecular weight is 207 g/mol. The Morgan fingerprint density at radius 1 is 1.27 bits per heavy atom. The molecular formula is C13H21NO. The largest absolute Gasteiger partial charge is 0.492 e. The summed E-state index contributed by atoms with van der Waals surface area (Å²) in [5.74, 6) is 0.961. The summed E-state index contributed by atoms with van der Waals surface area (Å²) in [7, 11) is 0. The lowest BCUT2D eigenvalue weighted by atomic mass is 10.1. The summed E-state index contributed by atoms with van der Waals surface area (Å²) in [6, 6.07) is 6.62. The Hall–Kier alpha value is -1.02. The molecule has 0 aromatic heterocycles. The number of likely N-dealkylation sites (N-methyl/N-ethyl adjacent to an activating group) is 1. The molecule has 0 heterocycles. The summed E-state index contributed by atoms with van der Waals surface area (Å²) in [6.07, 6.45) is 0. The average Bonchev–Trinajstić information content (AvgIpc) is 2.20. The molecule has 0 aliphatic carbocycles. The van der Waals surface area contributed by atoms with Crippen LogP contribution in [0.4, 0.5) is 0 Å². The van der Waals surface area contributed by atoms with Crippen molar-refractivity contribution in [1.82, 2.24) is 5.32 Å². The standard InChI is InChI=1S/C13H21NO/c1-5-14-12(4)9-15-13-7-6-10(2)11(3)8-13/h6-8,12,14H,5,9H2,1-4H3. The van der Waals surface area contributed by atoms with E-state index in [-0.39, 0.29) is 0 Å². The zero-order chi connectivity index (χ0) is 11.3. The lowest BCUT2D eigenvalue weighted by Crippen LogP contribution is -2.31. The highest BCUT2D eigenvalue weighted by atomic mass is 16.5. The van der Waals surface area contributed by atoms with E-state index in [1.165, 1.54) is 11.1 Å². The molecule has 0 spiro atoms. The molecule has 84 valence electrons. The zero-order valence-electron chi connectivity index (χ0n) is 10.1. The highest BCUT2D eigenvalue weighted by Gasteiger charge is 2.01. The van der Waals surface area contributed by atoms with Crippen LogP contribution in [0.15, 0.2) is 18.2 Å². The van der Waals surface area contributed by atoms with Crippen molar-refractivity contribution in [2.24, 2.45) is 0 Å². The number of hydrogen-bond donors (Lipinski definition) is 1. The normalized spacial score (nSPS) is 12.5. The number of nitrogens with one attached hydrogen (secondary N) is 1. The van der Waals surface area contributed by atoms with Gasteiger partial charge in [0.25, 0.3) is 0 Å². The van der Waals surface area contributed by atoms with E-state index in [9.17, 15) is 0 Å². The summed E-state index contributed by atoms with van der Waals surface area (Å²) in [5, 5.41) is 3.32. The van der Waals surface area contributed by atoms with Crippen LogP contribution in [0.5, 0.6) is 5.75 Å². The second-order valence-corrected chi connectivity index (χ2v) is 4.02. The van der Waals surface area contributed by atoms with Crippen molar-refractivity contribution in [2.45, 2.75) is 33.7 Å². The van der Waals surface area contributed by atoms with E-state index < -0.39 is 0 Å². The number of ether oxygens (including phenoxy) is 1. The minimum Gasteiger partial charge on any atom is -0.492 e. The van der Waals surface area contributed by atoms with Crippen molar-refractivity contribution in [3.05, 3.63) is 29.3 Å². The lowest BCUT2D eigenvalue weighted by Gasteiger charge is -2.14. The van der Waals surface area contributed by atoms with Gasteiger partial charge >= 0.3 is 0 Å². The fourth-order valence-corrected chi connectivity index (χ4v) is 1.43. The molecule has 0 aliphatic rings. The fraction of sp³-hybridized carbons (Fsp3) is 0.538. The van der Waals surface area contributed by atoms with Gasteiger partial charge in [-0.1, -0.05) is 13.0 Å². The number of benzene rings is 1. The van der Waals surface area contributed by atoms with E-state index in [4.69, 9.17) is 4.74 Å². The maximum atomic E-state index is 5.69. The van der Waals surface area contributed by atoms with Crippen molar-refractivity contribution < 1.29 is 4.74 Å². The minimum absolute atomic E-state index is 0.400. The first-order valence-corrected chi connectivity index (χ1v) is 5.57. The van der Waals surface area contributed by atoms with Gasteiger partial charge in [-0.15, -0.1) is 0 Å². The molecule has 1 unspecified atom stereocenters. The van der Waals surface area contributed by atoms with Gasteiger partial charge in [-0.3, -0.25) is 0 Å². The third kappa shape index (κ3) is 3.92. The quantitative estimate of drug-likeness (QED) is 0.801. The molecule has 1 N–H and O–H groups in total. The van der Waals surface area contributed by atoms with Gasteiger partial charge in [0.05, 0.1) is 0 Å². The summed E-state index contributed by atoms with van der Waals surface area (Å²) in [4.78, 5) is 0. The van der Waals surface area contributed by atoms with E-state index in [0.29, 0.717) is 6.04 Å². The Morgan fingerprint density at radius 2 is 2.00 bits per heavy atom. The molecule has 0 fully saturated rings. The van der Waals surface area contributed by atoms with Gasteiger partial charge in [0.2, 0.25) is 0 Å². The van der Waals surface area contributed by atoms with Crippen LogP contribution < -0.4 is 10.1 Å². The molecule has 1 atom stereocenters. The first-order chi connectivity index (χ1) is 7.13. The molecule has 0 bridgehead atoms. The van der Waals surface area contributed by atoms with Gasteiger partial charge in [0.15, 0.2) is 0 Å². The minimum atomic E-state index is 0.400. The molecule has 0 amide bonds. The Labute approximate surface area is 92.6 Å². The number of aryl methyl sites for hydroxylation is 2. The Balaban J connectivity index is 2.47. The Bertz CT molecular complexity index is 309. The molecule has 2 nitrogen and oxygen atoms in total. The van der Waals surface area contributed by atoms with Gasteiger partial charge in [-0.25, -0.2) is 0 Å². The predicted molar refractivity (Wildman–Crippen MR) is 64.5 cm³/mol. The van der Waals surface area contributed by atoms with Crippen LogP contribution >= 0.6 is 0 Å². The fourth-order valence-electron chi connectivity index (χ4n) is 1.43. The molecule has 0 radical (unpaired) electrons. The topological polar surface area (TPSA) is 21.3 Å². The maximum Gasteiger partial charge on any atom is 0.119 e. The van der Waals surface area contributed by atoms with Crippen LogP contribution in [-0.2, 0) is 0 Å². The first kappa shape index (κ1) is 12.1. The van der Waals surface area contributed by atoms with E-state index in [0.717, 1.165) is 18.9 Å². The van der Waals surface area contributed by atoms with Crippen LogP contribution in [0.1, 0.15) is 25.0 Å². The summed E-state index contributed by atoms with van der Waals surface area (Å²) in [6.45, 7) is 10.2. The van der Waals surface area contributed by atoms with Crippen LogP contribution in [-0.4, -0.2) is 19.2 Å². The Kier molecular flexibility index (Phi) is 4.63. The third-order valence-electron chi connectivity index (χ3n) is 2.53. The van der Waals surface area contributed by atoms with E-state index >= 15 is 0 Å². The summed E-state index contributed by atoms with van der Waals surface area (Å²) >= 11 is 0. The van der Waals surface area contributed by atoms with Crippen molar-refractivity contribution in [3.63, 3.8) is 0 Å². The van der Waals surface area contributed by atoms with Gasteiger partial charge in [-0.2, -0.15) is 0 Å². The molecule has 0 saturated heterocycles. The highest BCUT2D eigenvalue weighted by Crippen LogP contribution is 2.16. The maximum absolute atomic E-state index is 5.69. The van der Waals surface area contributed by atoms with Crippen molar-refractivity contribution in [1.29, 1.82) is 0 Å². The second-order valence-electron chi connectivity index (χ2n) is 4.02. The monoisotopic (exact) mass is 207 g/mol. The molecule has 1 aromatic rings. The van der Waals surface area contributed by atoms with Crippen molar-refractivity contribution in [2.75, 3.05) is 13.2 Å². The van der Waals surface area contributed by atoms with Crippen molar-refractivity contribution in [3.8, 4) is 5.75 Å². The zero-order valence-corrected chi connectivity index (χ0v) is 10.1. The van der Waals surface area contributed by atoms with Crippen LogP contribution in [0.3, 0.4) is 0 Å². The number of rotatable bonds is 5. The molecule has 0 aliphatic heterocycles. The van der Waals surface area contributed by atoms with Crippen LogP contribution in [0.25, 0.3) is 0 Å². The van der Waals surface area contributed by atoms with Gasteiger partial charge in [0, 0.05) is 6.04 Å². The summed E-state index contributed by atoms with van der Waals surface area (Å²) < 4.78 is 5.69. The van der Waals surface area contributed by atoms with Crippen LogP contribution in [0, 0.1) is 13.8 Å². The van der Waals surface area contributed by atoms with E-state index in [1.54, 1.807) is 0 Å². The third-order valence-corrected chi connectivity index (χ3v) is 2.53. The molecule has 1 rings (SSSR count). The van der Waals surface area contributed by atoms with Gasteiger partial charge in [-0.05, 0) is 50.6 Å². The van der Waals surface area contributed by atoms with Gasteiger partial charge < -0.3 is 10.1 Å². The highest BCUT2D eigenvalue weighted by molar-refractivity contribution is 5.33. The summed E-state index contributed by atoms with van der Waals surface area (Å²) in [5.41, 5.74) is 2.59. The first-order valence-electron chi connectivity index (χ1n) is 5.57. The predicted octanol–water partition coefficient (Wildman–Crippen LogP) is 2.68. The molecule has 2 heteroatoms. The molecule has 0 saturated carbocycles. The second kappa shape index (κ2) is 5.76. The Morgan fingerprint density at radius 3 is 2.60 bits per heavy atom. The van der Waals surface area contributed by atoms with E-state index in [1.807, 2.05) is 6.07 Å². The van der Waals surface area contributed by atoms with Crippen molar-refractivity contribution >= 4 is 0 Å². The molecule has 15 heavy (non-hydrogen) atoms. The lowest BCUT2D eigenvalue weighted by molar-refractivity contribution is 0.275. The van der Waals surface area contributed by atoms with E-state index in [2.05, 4.69) is 45.1 Å².